The van der Waals surface area contributed by atoms with Gasteiger partial charge in [-0.15, -0.1) is 0 Å². The summed E-state index contributed by atoms with van der Waals surface area (Å²) in [6, 6.07) is 5.63. The molecular formula is C19H19FN4O3S. The topological polar surface area (TPSA) is 84.3 Å². The van der Waals surface area contributed by atoms with Gasteiger partial charge in [0.1, 0.15) is 5.82 Å². The molecule has 1 fully saturated rings. The Kier molecular flexibility index (Phi) is 6.59. The number of aromatic nitrogens is 2. The van der Waals surface area contributed by atoms with E-state index in [1.807, 2.05) is 10.8 Å². The fraction of sp³-hybridized carbons (Fsp3) is 0.263. The number of imidazole rings is 1. The van der Waals surface area contributed by atoms with E-state index >= 15 is 0 Å². The SMILES string of the molecule is O=C(CCN1C(=O)S/C(=C\c2ccc(F)cc2)C1=O)NCCCn1ccnc1. The zero-order valence-corrected chi connectivity index (χ0v) is 15.8. The summed E-state index contributed by atoms with van der Waals surface area (Å²) in [5.41, 5.74) is 0.627. The van der Waals surface area contributed by atoms with Gasteiger partial charge in [0, 0.05) is 38.4 Å². The Hall–Kier alpha value is -2.94. The number of nitrogens with one attached hydrogen (secondary N) is 1. The van der Waals surface area contributed by atoms with E-state index in [2.05, 4.69) is 10.3 Å². The summed E-state index contributed by atoms with van der Waals surface area (Å²) in [4.78, 5) is 41.7. The molecule has 7 nitrogen and oxygen atoms in total. The summed E-state index contributed by atoms with van der Waals surface area (Å²) >= 11 is 0.817. The summed E-state index contributed by atoms with van der Waals surface area (Å²) < 4.78 is 14.9. The zero-order valence-electron chi connectivity index (χ0n) is 15.0. The second-order valence-electron chi connectivity index (χ2n) is 6.14. The first-order valence-corrected chi connectivity index (χ1v) is 9.58. The molecule has 0 aliphatic carbocycles. The van der Waals surface area contributed by atoms with Gasteiger partial charge in [0.15, 0.2) is 0 Å². The molecule has 3 amide bonds. The molecule has 2 aromatic rings. The van der Waals surface area contributed by atoms with Gasteiger partial charge in [-0.1, -0.05) is 12.1 Å². The van der Waals surface area contributed by atoms with E-state index in [4.69, 9.17) is 0 Å². The maximum Gasteiger partial charge on any atom is 0.293 e. The van der Waals surface area contributed by atoms with Crippen LogP contribution in [0.4, 0.5) is 9.18 Å². The summed E-state index contributed by atoms with van der Waals surface area (Å²) in [7, 11) is 0. The van der Waals surface area contributed by atoms with Crippen molar-refractivity contribution in [2.45, 2.75) is 19.4 Å². The molecule has 1 aliphatic rings. The maximum atomic E-state index is 13.0. The van der Waals surface area contributed by atoms with Gasteiger partial charge in [0.2, 0.25) is 5.91 Å². The standard InChI is InChI=1S/C19H19FN4O3S/c20-15-4-2-14(3-5-15)12-16-18(26)24(19(27)28-16)10-6-17(25)22-7-1-9-23-11-8-21-13-23/h2-5,8,11-13H,1,6-7,9-10H2,(H,22,25)/b16-12-. The average molecular weight is 402 g/mol. The summed E-state index contributed by atoms with van der Waals surface area (Å²) in [6.07, 6.45) is 7.60. The molecule has 1 saturated heterocycles. The number of nitrogens with zero attached hydrogens (tertiary/aromatic N) is 3. The van der Waals surface area contributed by atoms with Gasteiger partial charge in [-0.3, -0.25) is 19.3 Å². The number of amides is 3. The Morgan fingerprint density at radius 3 is 2.71 bits per heavy atom. The number of imide groups is 1. The average Bonchev–Trinajstić information content (AvgIpc) is 3.28. The molecule has 146 valence electrons. The molecule has 2 heterocycles. The fourth-order valence-corrected chi connectivity index (χ4v) is 3.48. The van der Waals surface area contributed by atoms with Crippen molar-refractivity contribution in [3.63, 3.8) is 0 Å². The predicted molar refractivity (Wildman–Crippen MR) is 104 cm³/mol. The van der Waals surface area contributed by atoms with Crippen molar-refractivity contribution in [3.8, 4) is 0 Å². The first-order valence-electron chi connectivity index (χ1n) is 8.76. The van der Waals surface area contributed by atoms with Crippen molar-refractivity contribution in [3.05, 3.63) is 59.3 Å². The van der Waals surface area contributed by atoms with Gasteiger partial charge in [-0.25, -0.2) is 9.37 Å². The van der Waals surface area contributed by atoms with Gasteiger partial charge in [0.05, 0.1) is 11.2 Å². The van der Waals surface area contributed by atoms with Gasteiger partial charge in [0.25, 0.3) is 11.1 Å². The van der Waals surface area contributed by atoms with E-state index in [-0.39, 0.29) is 29.6 Å². The quantitative estimate of drug-likeness (QED) is 0.542. The first-order chi connectivity index (χ1) is 13.5. The fourth-order valence-electron chi connectivity index (χ4n) is 2.61. The second-order valence-corrected chi connectivity index (χ2v) is 7.13. The van der Waals surface area contributed by atoms with Crippen LogP contribution in [0.15, 0.2) is 47.9 Å². The van der Waals surface area contributed by atoms with E-state index in [9.17, 15) is 18.8 Å². The minimum atomic E-state index is -0.438. The third kappa shape index (κ3) is 5.29. The molecular weight excluding hydrogens is 383 g/mol. The van der Waals surface area contributed by atoms with Crippen LogP contribution in [0.25, 0.3) is 6.08 Å². The van der Waals surface area contributed by atoms with Crippen LogP contribution >= 0.6 is 11.8 Å². The molecule has 0 spiro atoms. The van der Waals surface area contributed by atoms with Crippen molar-refractivity contribution in [2.75, 3.05) is 13.1 Å². The largest absolute Gasteiger partial charge is 0.356 e. The molecule has 0 unspecified atom stereocenters. The molecule has 1 aromatic carbocycles. The highest BCUT2D eigenvalue weighted by molar-refractivity contribution is 8.18. The molecule has 1 aromatic heterocycles. The lowest BCUT2D eigenvalue weighted by Gasteiger charge is -2.12. The third-order valence-electron chi connectivity index (χ3n) is 4.08. The highest BCUT2D eigenvalue weighted by Crippen LogP contribution is 2.32. The maximum absolute atomic E-state index is 13.0. The van der Waals surface area contributed by atoms with Crippen LogP contribution in [0.1, 0.15) is 18.4 Å². The minimum Gasteiger partial charge on any atom is -0.356 e. The van der Waals surface area contributed by atoms with Crippen molar-refractivity contribution < 1.29 is 18.8 Å². The van der Waals surface area contributed by atoms with Gasteiger partial charge >= 0.3 is 0 Å². The van der Waals surface area contributed by atoms with Crippen LogP contribution in [0.3, 0.4) is 0 Å². The monoisotopic (exact) mass is 402 g/mol. The molecule has 0 atom stereocenters. The van der Waals surface area contributed by atoms with Gasteiger partial charge in [-0.05, 0) is 42.0 Å². The van der Waals surface area contributed by atoms with Crippen molar-refractivity contribution in [1.29, 1.82) is 0 Å². The number of thioether (sulfide) groups is 1. The number of hydrogen-bond donors (Lipinski definition) is 1. The van der Waals surface area contributed by atoms with E-state index in [1.54, 1.807) is 18.6 Å². The number of carbonyl (C=O) groups excluding carboxylic acids is 3. The summed E-state index contributed by atoms with van der Waals surface area (Å²) in [6.45, 7) is 1.28. The Morgan fingerprint density at radius 2 is 2.00 bits per heavy atom. The van der Waals surface area contributed by atoms with Crippen LogP contribution in [-0.2, 0) is 16.1 Å². The lowest BCUT2D eigenvalue weighted by molar-refractivity contribution is -0.124. The van der Waals surface area contributed by atoms with Gasteiger partial charge in [-0.2, -0.15) is 0 Å². The van der Waals surface area contributed by atoms with Crippen molar-refractivity contribution in [1.82, 2.24) is 19.8 Å². The Labute approximate surface area is 165 Å². The normalized spacial score (nSPS) is 15.5. The molecule has 28 heavy (non-hydrogen) atoms. The highest BCUT2D eigenvalue weighted by Gasteiger charge is 2.34. The number of halogens is 1. The summed E-state index contributed by atoms with van der Waals surface area (Å²) in [5.74, 6) is -1.03. The Bertz CT molecular complexity index is 881. The first kappa shape index (κ1) is 19.8. The summed E-state index contributed by atoms with van der Waals surface area (Å²) in [5, 5.41) is 2.37. The lowest BCUT2D eigenvalue weighted by atomic mass is 10.2. The molecule has 0 bridgehead atoms. The van der Waals surface area contributed by atoms with E-state index in [0.29, 0.717) is 12.1 Å². The van der Waals surface area contributed by atoms with Crippen molar-refractivity contribution in [2.24, 2.45) is 0 Å². The number of benzene rings is 1. The van der Waals surface area contributed by atoms with Crippen molar-refractivity contribution >= 4 is 34.9 Å². The zero-order chi connectivity index (χ0) is 19.9. The van der Waals surface area contributed by atoms with Crippen LogP contribution in [0.5, 0.6) is 0 Å². The number of aryl methyl sites for hydroxylation is 1. The third-order valence-corrected chi connectivity index (χ3v) is 4.99. The van der Waals surface area contributed by atoms with E-state index in [0.717, 1.165) is 29.6 Å². The molecule has 0 saturated carbocycles. The molecule has 1 aliphatic heterocycles. The highest BCUT2D eigenvalue weighted by atomic mass is 32.2. The van der Waals surface area contributed by atoms with E-state index < -0.39 is 11.1 Å². The number of rotatable bonds is 8. The Balaban J connectivity index is 1.44. The Morgan fingerprint density at radius 1 is 1.21 bits per heavy atom. The molecule has 0 radical (unpaired) electrons. The molecule has 9 heteroatoms. The van der Waals surface area contributed by atoms with Crippen LogP contribution in [0, 0.1) is 5.82 Å². The van der Waals surface area contributed by atoms with Crippen LogP contribution in [0.2, 0.25) is 0 Å². The van der Waals surface area contributed by atoms with Crippen LogP contribution in [-0.4, -0.2) is 44.6 Å². The molecule has 1 N–H and O–H groups in total. The van der Waals surface area contributed by atoms with Gasteiger partial charge < -0.3 is 9.88 Å². The second kappa shape index (κ2) is 9.32. The molecule has 3 rings (SSSR count). The van der Waals surface area contributed by atoms with E-state index in [1.165, 1.54) is 24.3 Å². The minimum absolute atomic E-state index is 0.0266. The predicted octanol–water partition coefficient (Wildman–Crippen LogP) is 2.66. The lowest BCUT2D eigenvalue weighted by Crippen LogP contribution is -2.34. The van der Waals surface area contributed by atoms with Crippen LogP contribution < -0.4 is 5.32 Å². The number of carbonyl (C=O) groups is 3. The smallest absolute Gasteiger partial charge is 0.293 e. The number of hydrogen-bond acceptors (Lipinski definition) is 5.